The lowest BCUT2D eigenvalue weighted by Gasteiger charge is -2.37. The summed E-state index contributed by atoms with van der Waals surface area (Å²) < 4.78 is 5.64. The lowest BCUT2D eigenvalue weighted by Crippen LogP contribution is -2.42. The summed E-state index contributed by atoms with van der Waals surface area (Å²) in [6.45, 7) is 7.72. The molecule has 24 heavy (non-hydrogen) atoms. The number of benzene rings is 1. The van der Waals surface area contributed by atoms with Gasteiger partial charge >= 0.3 is 0 Å². The molecule has 5 heteroatoms. The third kappa shape index (κ3) is 4.85. The molecule has 1 aliphatic heterocycles. The van der Waals surface area contributed by atoms with Crippen LogP contribution in [0, 0.1) is 6.92 Å². The molecule has 2 aliphatic rings. The minimum atomic E-state index is 0. The van der Waals surface area contributed by atoms with Crippen LogP contribution in [0.4, 0.5) is 0 Å². The highest BCUT2D eigenvalue weighted by atomic mass is 127. The summed E-state index contributed by atoms with van der Waals surface area (Å²) in [6.07, 6.45) is 4.62. The maximum absolute atomic E-state index is 5.64. The molecule has 1 aliphatic carbocycles. The zero-order valence-corrected chi connectivity index (χ0v) is 17.1. The average Bonchev–Trinajstić information content (AvgIpc) is 3.38. The Kier molecular flexibility index (Phi) is 7.34. The molecule has 3 rings (SSSR count). The van der Waals surface area contributed by atoms with Crippen molar-refractivity contribution in [3.05, 3.63) is 35.4 Å². The lowest BCUT2D eigenvalue weighted by molar-refractivity contribution is 0.0529. The fraction of sp³-hybridized carbons (Fsp3) is 0.632. The molecule has 0 spiro atoms. The van der Waals surface area contributed by atoms with Gasteiger partial charge in [-0.2, -0.15) is 0 Å². The Morgan fingerprint density at radius 3 is 2.58 bits per heavy atom. The molecule has 2 fully saturated rings. The van der Waals surface area contributed by atoms with Gasteiger partial charge < -0.3 is 15.4 Å². The van der Waals surface area contributed by atoms with E-state index in [0.29, 0.717) is 6.04 Å². The predicted octanol–water partition coefficient (Wildman–Crippen LogP) is 3.38. The van der Waals surface area contributed by atoms with Gasteiger partial charge in [-0.15, -0.1) is 24.0 Å². The molecule has 0 atom stereocenters. The SMILES string of the molecule is CCNC(=NCC1(c2ccccc2C)CCOCC1)NC1CC1.I. The molecule has 1 aromatic carbocycles. The van der Waals surface area contributed by atoms with Gasteiger partial charge in [-0.05, 0) is 50.7 Å². The van der Waals surface area contributed by atoms with Crippen molar-refractivity contribution in [1.82, 2.24) is 10.6 Å². The fourth-order valence-corrected chi connectivity index (χ4v) is 3.41. The lowest BCUT2D eigenvalue weighted by atomic mass is 9.72. The summed E-state index contributed by atoms with van der Waals surface area (Å²) in [7, 11) is 0. The first kappa shape index (κ1) is 19.5. The van der Waals surface area contributed by atoms with Gasteiger partial charge in [0.05, 0.1) is 6.54 Å². The molecule has 1 heterocycles. The number of guanidine groups is 1. The van der Waals surface area contributed by atoms with Gasteiger partial charge in [0.2, 0.25) is 0 Å². The highest BCUT2D eigenvalue weighted by Crippen LogP contribution is 2.37. The van der Waals surface area contributed by atoms with E-state index in [1.165, 1.54) is 24.0 Å². The van der Waals surface area contributed by atoms with E-state index in [4.69, 9.17) is 9.73 Å². The Labute approximate surface area is 162 Å². The van der Waals surface area contributed by atoms with Gasteiger partial charge in [-0.1, -0.05) is 24.3 Å². The van der Waals surface area contributed by atoms with Gasteiger partial charge in [-0.3, -0.25) is 4.99 Å². The number of hydrogen-bond acceptors (Lipinski definition) is 2. The fourth-order valence-electron chi connectivity index (χ4n) is 3.41. The summed E-state index contributed by atoms with van der Waals surface area (Å²) in [5, 5.41) is 6.91. The zero-order valence-electron chi connectivity index (χ0n) is 14.8. The largest absolute Gasteiger partial charge is 0.381 e. The van der Waals surface area contributed by atoms with Crippen molar-refractivity contribution in [2.24, 2.45) is 4.99 Å². The number of halogens is 1. The van der Waals surface area contributed by atoms with Crippen LogP contribution in [0.3, 0.4) is 0 Å². The molecule has 134 valence electrons. The van der Waals surface area contributed by atoms with E-state index in [1.54, 1.807) is 0 Å². The van der Waals surface area contributed by atoms with Crippen LogP contribution in [-0.4, -0.2) is 38.3 Å². The zero-order chi connectivity index (χ0) is 16.1. The van der Waals surface area contributed by atoms with Crippen molar-refractivity contribution >= 4 is 29.9 Å². The maximum Gasteiger partial charge on any atom is 0.191 e. The second-order valence-corrected chi connectivity index (χ2v) is 6.82. The average molecular weight is 443 g/mol. The van der Waals surface area contributed by atoms with Crippen molar-refractivity contribution < 1.29 is 4.74 Å². The number of aryl methyl sites for hydroxylation is 1. The molecular formula is C19H30IN3O. The van der Waals surface area contributed by atoms with Gasteiger partial charge in [0.15, 0.2) is 5.96 Å². The Hall–Kier alpha value is -0.820. The van der Waals surface area contributed by atoms with Crippen molar-refractivity contribution in [3.63, 3.8) is 0 Å². The van der Waals surface area contributed by atoms with Crippen LogP contribution in [0.25, 0.3) is 0 Å². The monoisotopic (exact) mass is 443 g/mol. The van der Waals surface area contributed by atoms with Crippen molar-refractivity contribution in [2.45, 2.75) is 51.0 Å². The van der Waals surface area contributed by atoms with Gasteiger partial charge in [0, 0.05) is 31.2 Å². The molecule has 0 amide bonds. The van der Waals surface area contributed by atoms with E-state index in [1.807, 2.05) is 0 Å². The van der Waals surface area contributed by atoms with Crippen LogP contribution in [0.15, 0.2) is 29.3 Å². The molecule has 1 aromatic rings. The van der Waals surface area contributed by atoms with E-state index in [-0.39, 0.29) is 29.4 Å². The summed E-state index contributed by atoms with van der Waals surface area (Å²) in [4.78, 5) is 4.95. The van der Waals surface area contributed by atoms with E-state index < -0.39 is 0 Å². The van der Waals surface area contributed by atoms with Crippen LogP contribution >= 0.6 is 24.0 Å². The summed E-state index contributed by atoms with van der Waals surface area (Å²) in [6, 6.07) is 9.38. The third-order valence-corrected chi connectivity index (χ3v) is 4.97. The van der Waals surface area contributed by atoms with Crippen LogP contribution in [0.2, 0.25) is 0 Å². The standard InChI is InChI=1S/C19H29N3O.HI/c1-3-20-18(22-16-8-9-16)21-14-19(10-12-23-13-11-19)17-7-5-4-6-15(17)2;/h4-7,16H,3,8-14H2,1-2H3,(H2,20,21,22);1H. The van der Waals surface area contributed by atoms with E-state index in [2.05, 4.69) is 48.7 Å². The van der Waals surface area contributed by atoms with Gasteiger partial charge in [0.25, 0.3) is 0 Å². The smallest absolute Gasteiger partial charge is 0.191 e. The third-order valence-electron chi connectivity index (χ3n) is 4.97. The molecule has 1 saturated carbocycles. The Morgan fingerprint density at radius 1 is 1.25 bits per heavy atom. The van der Waals surface area contributed by atoms with E-state index in [0.717, 1.165) is 45.1 Å². The Bertz CT molecular complexity index is 551. The molecule has 0 radical (unpaired) electrons. The quantitative estimate of drug-likeness (QED) is 0.417. The molecule has 4 nitrogen and oxygen atoms in total. The van der Waals surface area contributed by atoms with E-state index >= 15 is 0 Å². The normalized spacial score (nSPS) is 20.2. The summed E-state index contributed by atoms with van der Waals surface area (Å²) in [5.74, 6) is 0.967. The van der Waals surface area contributed by atoms with Crippen molar-refractivity contribution in [1.29, 1.82) is 0 Å². The first-order valence-electron chi connectivity index (χ1n) is 8.92. The molecule has 0 bridgehead atoms. The highest BCUT2D eigenvalue weighted by Gasteiger charge is 2.35. The van der Waals surface area contributed by atoms with Crippen molar-refractivity contribution in [2.75, 3.05) is 26.3 Å². The van der Waals surface area contributed by atoms with Crippen molar-refractivity contribution in [3.8, 4) is 0 Å². The van der Waals surface area contributed by atoms with Crippen LogP contribution in [0.5, 0.6) is 0 Å². The molecule has 0 unspecified atom stereocenters. The number of ether oxygens (including phenoxy) is 1. The molecule has 0 aromatic heterocycles. The number of nitrogens with one attached hydrogen (secondary N) is 2. The second-order valence-electron chi connectivity index (χ2n) is 6.82. The predicted molar refractivity (Wildman–Crippen MR) is 110 cm³/mol. The highest BCUT2D eigenvalue weighted by molar-refractivity contribution is 14.0. The topological polar surface area (TPSA) is 45.7 Å². The summed E-state index contributed by atoms with van der Waals surface area (Å²) >= 11 is 0. The van der Waals surface area contributed by atoms with Gasteiger partial charge in [-0.25, -0.2) is 0 Å². The number of hydrogen-bond donors (Lipinski definition) is 2. The number of rotatable bonds is 5. The van der Waals surface area contributed by atoms with Crippen LogP contribution in [0.1, 0.15) is 43.7 Å². The number of aliphatic imine (C=N–C) groups is 1. The van der Waals surface area contributed by atoms with Crippen LogP contribution in [-0.2, 0) is 10.2 Å². The Balaban J connectivity index is 0.00000208. The second kappa shape index (κ2) is 9.04. The minimum absolute atomic E-state index is 0. The van der Waals surface area contributed by atoms with Crippen LogP contribution < -0.4 is 10.6 Å². The van der Waals surface area contributed by atoms with Gasteiger partial charge in [0.1, 0.15) is 0 Å². The Morgan fingerprint density at radius 2 is 1.96 bits per heavy atom. The van der Waals surface area contributed by atoms with E-state index in [9.17, 15) is 0 Å². The molecule has 2 N–H and O–H groups in total. The first-order chi connectivity index (χ1) is 11.2. The first-order valence-corrected chi connectivity index (χ1v) is 8.92. The minimum Gasteiger partial charge on any atom is -0.381 e. The maximum atomic E-state index is 5.64. The molecule has 1 saturated heterocycles. The number of nitrogens with zero attached hydrogens (tertiary/aromatic N) is 1. The summed E-state index contributed by atoms with van der Waals surface area (Å²) in [5.41, 5.74) is 2.91. The molecular weight excluding hydrogens is 413 g/mol.